The Morgan fingerprint density at radius 3 is 2.50 bits per heavy atom. The average molecular weight is 144 g/mol. The number of hydrogen-bond acceptors (Lipinski definition) is 2. The summed E-state index contributed by atoms with van der Waals surface area (Å²) in [5, 5.41) is 0. The standard InChI is InChI=1S/C7H16N2O/c1-2-3-6(8)4-5-7(9)10/h6H,2-5,8H2,1H3,(H2,9,10). The first-order valence-electron chi connectivity index (χ1n) is 3.70. The molecule has 3 heteroatoms. The molecular formula is C7H16N2O. The smallest absolute Gasteiger partial charge is 0.217 e. The van der Waals surface area contributed by atoms with Gasteiger partial charge in [-0.2, -0.15) is 0 Å². The van der Waals surface area contributed by atoms with Gasteiger partial charge in [-0.15, -0.1) is 0 Å². The van der Waals surface area contributed by atoms with E-state index in [0.717, 1.165) is 19.3 Å². The monoisotopic (exact) mass is 144 g/mol. The molecule has 0 radical (unpaired) electrons. The van der Waals surface area contributed by atoms with E-state index in [1.54, 1.807) is 0 Å². The number of carbonyl (C=O) groups is 1. The largest absolute Gasteiger partial charge is 0.370 e. The molecule has 10 heavy (non-hydrogen) atoms. The highest BCUT2D eigenvalue weighted by Crippen LogP contribution is 2.00. The van der Waals surface area contributed by atoms with E-state index in [0.29, 0.717) is 6.42 Å². The van der Waals surface area contributed by atoms with Gasteiger partial charge in [0.05, 0.1) is 0 Å². The van der Waals surface area contributed by atoms with Crippen LogP contribution in [-0.2, 0) is 4.79 Å². The summed E-state index contributed by atoms with van der Waals surface area (Å²) in [6.45, 7) is 2.07. The lowest BCUT2D eigenvalue weighted by molar-refractivity contribution is -0.118. The van der Waals surface area contributed by atoms with Gasteiger partial charge in [0, 0.05) is 12.5 Å². The molecule has 0 aliphatic rings. The van der Waals surface area contributed by atoms with Gasteiger partial charge in [0.25, 0.3) is 0 Å². The molecule has 0 saturated heterocycles. The van der Waals surface area contributed by atoms with Gasteiger partial charge in [0.1, 0.15) is 0 Å². The van der Waals surface area contributed by atoms with E-state index in [1.807, 2.05) is 0 Å². The zero-order valence-corrected chi connectivity index (χ0v) is 6.47. The zero-order chi connectivity index (χ0) is 7.98. The molecule has 60 valence electrons. The number of carbonyl (C=O) groups excluding carboxylic acids is 1. The Labute approximate surface area is 61.8 Å². The summed E-state index contributed by atoms with van der Waals surface area (Å²) in [7, 11) is 0. The van der Waals surface area contributed by atoms with Gasteiger partial charge in [-0.1, -0.05) is 13.3 Å². The van der Waals surface area contributed by atoms with Crippen molar-refractivity contribution in [3.8, 4) is 0 Å². The zero-order valence-electron chi connectivity index (χ0n) is 6.47. The minimum Gasteiger partial charge on any atom is -0.370 e. The van der Waals surface area contributed by atoms with Gasteiger partial charge in [-0.3, -0.25) is 4.79 Å². The predicted octanol–water partition coefficient (Wildman–Crippen LogP) is 0.379. The molecule has 0 aromatic carbocycles. The predicted molar refractivity (Wildman–Crippen MR) is 41.3 cm³/mol. The first-order chi connectivity index (χ1) is 4.66. The van der Waals surface area contributed by atoms with Crippen LogP contribution in [0.2, 0.25) is 0 Å². The molecule has 0 aromatic rings. The van der Waals surface area contributed by atoms with E-state index in [4.69, 9.17) is 11.5 Å². The van der Waals surface area contributed by atoms with Crippen LogP contribution in [0.5, 0.6) is 0 Å². The van der Waals surface area contributed by atoms with Crippen LogP contribution in [-0.4, -0.2) is 11.9 Å². The van der Waals surface area contributed by atoms with Gasteiger partial charge in [0.2, 0.25) is 5.91 Å². The van der Waals surface area contributed by atoms with Crippen molar-refractivity contribution in [2.24, 2.45) is 11.5 Å². The van der Waals surface area contributed by atoms with Crippen LogP contribution < -0.4 is 11.5 Å². The van der Waals surface area contributed by atoms with E-state index in [2.05, 4.69) is 6.92 Å². The summed E-state index contributed by atoms with van der Waals surface area (Å²) in [5.74, 6) is -0.258. The highest BCUT2D eigenvalue weighted by atomic mass is 16.1. The molecule has 0 aromatic heterocycles. The highest BCUT2D eigenvalue weighted by molar-refractivity contribution is 5.73. The van der Waals surface area contributed by atoms with Gasteiger partial charge >= 0.3 is 0 Å². The van der Waals surface area contributed by atoms with E-state index in [1.165, 1.54) is 0 Å². The topological polar surface area (TPSA) is 69.1 Å². The molecule has 0 aliphatic heterocycles. The van der Waals surface area contributed by atoms with Crippen molar-refractivity contribution in [2.75, 3.05) is 0 Å². The van der Waals surface area contributed by atoms with Gasteiger partial charge in [-0.05, 0) is 12.8 Å². The highest BCUT2D eigenvalue weighted by Gasteiger charge is 2.02. The van der Waals surface area contributed by atoms with Crippen LogP contribution >= 0.6 is 0 Å². The fourth-order valence-electron chi connectivity index (χ4n) is 0.843. The SMILES string of the molecule is CCCC(N)CCC(N)=O. The average Bonchev–Trinajstić information content (AvgIpc) is 1.85. The Bertz CT molecular complexity index is 104. The summed E-state index contributed by atoms with van der Waals surface area (Å²) >= 11 is 0. The van der Waals surface area contributed by atoms with Crippen LogP contribution in [0.1, 0.15) is 32.6 Å². The third kappa shape index (κ3) is 5.56. The Hall–Kier alpha value is -0.570. The third-order valence-corrected chi connectivity index (χ3v) is 1.42. The number of amides is 1. The second-order valence-corrected chi connectivity index (χ2v) is 2.55. The Balaban J connectivity index is 3.21. The van der Waals surface area contributed by atoms with Gasteiger partial charge in [0.15, 0.2) is 0 Å². The van der Waals surface area contributed by atoms with E-state index in [-0.39, 0.29) is 11.9 Å². The van der Waals surface area contributed by atoms with Crippen LogP contribution in [0.15, 0.2) is 0 Å². The molecule has 4 N–H and O–H groups in total. The molecule has 0 rings (SSSR count). The molecule has 3 nitrogen and oxygen atoms in total. The fourth-order valence-corrected chi connectivity index (χ4v) is 0.843. The van der Waals surface area contributed by atoms with E-state index in [9.17, 15) is 4.79 Å². The first-order valence-corrected chi connectivity index (χ1v) is 3.70. The first kappa shape index (κ1) is 9.43. The molecule has 0 heterocycles. The van der Waals surface area contributed by atoms with Crippen molar-refractivity contribution in [3.05, 3.63) is 0 Å². The molecule has 0 bridgehead atoms. The van der Waals surface area contributed by atoms with Crippen LogP contribution in [0.3, 0.4) is 0 Å². The van der Waals surface area contributed by atoms with Crippen molar-refractivity contribution in [2.45, 2.75) is 38.6 Å². The van der Waals surface area contributed by atoms with Crippen LogP contribution in [0, 0.1) is 0 Å². The molecule has 1 unspecified atom stereocenters. The minimum absolute atomic E-state index is 0.150. The summed E-state index contributed by atoms with van der Waals surface area (Å²) in [4.78, 5) is 10.3. The Kier molecular flexibility index (Phi) is 4.94. The van der Waals surface area contributed by atoms with Crippen molar-refractivity contribution >= 4 is 5.91 Å². The molecular weight excluding hydrogens is 128 g/mol. The van der Waals surface area contributed by atoms with Gasteiger partial charge < -0.3 is 11.5 Å². The summed E-state index contributed by atoms with van der Waals surface area (Å²) in [5.41, 5.74) is 10.6. The Morgan fingerprint density at radius 2 is 2.10 bits per heavy atom. The van der Waals surface area contributed by atoms with Crippen molar-refractivity contribution < 1.29 is 4.79 Å². The summed E-state index contributed by atoms with van der Waals surface area (Å²) in [6, 6.07) is 0.150. The molecule has 0 aliphatic carbocycles. The van der Waals surface area contributed by atoms with Crippen molar-refractivity contribution in [1.82, 2.24) is 0 Å². The van der Waals surface area contributed by atoms with Crippen LogP contribution in [0.25, 0.3) is 0 Å². The maximum atomic E-state index is 10.3. The number of rotatable bonds is 5. The molecule has 1 atom stereocenters. The minimum atomic E-state index is -0.258. The van der Waals surface area contributed by atoms with Gasteiger partial charge in [-0.25, -0.2) is 0 Å². The number of primary amides is 1. The van der Waals surface area contributed by atoms with Crippen molar-refractivity contribution in [1.29, 1.82) is 0 Å². The van der Waals surface area contributed by atoms with E-state index >= 15 is 0 Å². The maximum Gasteiger partial charge on any atom is 0.217 e. The quantitative estimate of drug-likeness (QED) is 0.585. The number of nitrogens with two attached hydrogens (primary N) is 2. The second-order valence-electron chi connectivity index (χ2n) is 2.55. The molecule has 0 spiro atoms. The summed E-state index contributed by atoms with van der Waals surface area (Å²) in [6.07, 6.45) is 3.19. The lowest BCUT2D eigenvalue weighted by Gasteiger charge is -2.06. The van der Waals surface area contributed by atoms with Crippen LogP contribution in [0.4, 0.5) is 0 Å². The Morgan fingerprint density at radius 1 is 1.50 bits per heavy atom. The normalized spacial score (nSPS) is 13.0. The summed E-state index contributed by atoms with van der Waals surface area (Å²) < 4.78 is 0. The molecule has 0 fully saturated rings. The number of hydrogen-bond donors (Lipinski definition) is 2. The third-order valence-electron chi connectivity index (χ3n) is 1.42. The van der Waals surface area contributed by atoms with E-state index < -0.39 is 0 Å². The molecule has 1 amide bonds. The molecule has 0 saturated carbocycles. The lowest BCUT2D eigenvalue weighted by Crippen LogP contribution is -2.22. The second kappa shape index (κ2) is 5.23. The van der Waals surface area contributed by atoms with Crippen molar-refractivity contribution in [3.63, 3.8) is 0 Å². The fraction of sp³-hybridized carbons (Fsp3) is 0.857. The lowest BCUT2D eigenvalue weighted by atomic mass is 10.1. The maximum absolute atomic E-state index is 10.3.